The molecule has 31 heavy (non-hydrogen) atoms. The third-order valence-electron chi connectivity index (χ3n) is 7.96. The number of nitrogens with zero attached hydrogens (tertiary/aromatic N) is 1. The minimum absolute atomic E-state index is 0.113. The quantitative estimate of drug-likeness (QED) is 0.566. The van der Waals surface area contributed by atoms with Crippen LogP contribution >= 0.6 is 0 Å². The van der Waals surface area contributed by atoms with Crippen molar-refractivity contribution in [3.63, 3.8) is 0 Å². The van der Waals surface area contributed by atoms with Crippen LogP contribution in [0.1, 0.15) is 59.3 Å². The van der Waals surface area contributed by atoms with Gasteiger partial charge in [-0.05, 0) is 62.5 Å². The zero-order valence-electron chi connectivity index (χ0n) is 18.3. The van der Waals surface area contributed by atoms with Gasteiger partial charge in [-0.2, -0.15) is 4.39 Å². The van der Waals surface area contributed by atoms with Gasteiger partial charge in [-0.25, -0.2) is 14.8 Å². The van der Waals surface area contributed by atoms with Crippen LogP contribution in [-0.2, 0) is 24.0 Å². The van der Waals surface area contributed by atoms with Crippen molar-refractivity contribution in [1.29, 1.82) is 0 Å². The van der Waals surface area contributed by atoms with E-state index in [1.54, 1.807) is 0 Å². The topological polar surface area (TPSA) is 78.9 Å². The fourth-order valence-corrected chi connectivity index (χ4v) is 6.26. The van der Waals surface area contributed by atoms with Crippen molar-refractivity contribution in [1.82, 2.24) is 4.98 Å². The van der Waals surface area contributed by atoms with Crippen molar-refractivity contribution in [2.75, 3.05) is 5.32 Å². The Balaban J connectivity index is 1.30. The van der Waals surface area contributed by atoms with E-state index in [1.165, 1.54) is 18.3 Å². The first-order chi connectivity index (χ1) is 14.8. The summed E-state index contributed by atoms with van der Waals surface area (Å²) in [6.45, 7) is 6.40. The van der Waals surface area contributed by atoms with Crippen LogP contribution in [-0.4, -0.2) is 34.7 Å². The molecule has 6 rings (SSSR count). The Kier molecular flexibility index (Phi) is 5.32. The molecule has 1 aliphatic carbocycles. The van der Waals surface area contributed by atoms with E-state index in [4.69, 9.17) is 19.2 Å². The molecule has 1 aromatic heterocycles. The number of rotatable bonds is 4. The third kappa shape index (κ3) is 3.57. The van der Waals surface area contributed by atoms with Gasteiger partial charge < -0.3 is 14.8 Å². The van der Waals surface area contributed by atoms with Crippen molar-refractivity contribution >= 4 is 11.6 Å². The Labute approximate surface area is 181 Å². The minimum Gasteiger partial charge on any atom is -0.346 e. The van der Waals surface area contributed by atoms with Gasteiger partial charge in [0.05, 0.1) is 18.0 Å². The van der Waals surface area contributed by atoms with Crippen molar-refractivity contribution < 1.29 is 28.4 Å². The Morgan fingerprint density at radius 2 is 2.06 bits per heavy atom. The molecule has 7 nitrogen and oxygen atoms in total. The molecule has 1 amide bonds. The highest BCUT2D eigenvalue weighted by molar-refractivity contribution is 5.90. The van der Waals surface area contributed by atoms with Crippen molar-refractivity contribution in [2.24, 2.45) is 23.7 Å². The van der Waals surface area contributed by atoms with Crippen LogP contribution in [0.2, 0.25) is 0 Å². The van der Waals surface area contributed by atoms with E-state index < -0.39 is 23.6 Å². The van der Waals surface area contributed by atoms with E-state index in [1.807, 2.05) is 6.92 Å². The molecule has 5 fully saturated rings. The zero-order valence-corrected chi connectivity index (χ0v) is 18.3. The molecule has 1 saturated carbocycles. The van der Waals surface area contributed by atoms with E-state index in [-0.39, 0.29) is 23.8 Å². The molecule has 1 spiro atoms. The highest BCUT2D eigenvalue weighted by atomic mass is 19.1. The van der Waals surface area contributed by atoms with E-state index in [0.717, 1.165) is 25.7 Å². The lowest BCUT2D eigenvalue weighted by atomic mass is 9.57. The normalized spacial score (nSPS) is 43.7. The summed E-state index contributed by atoms with van der Waals surface area (Å²) >= 11 is 0. The first kappa shape index (κ1) is 21.2. The second-order valence-electron chi connectivity index (χ2n) is 9.90. The molecule has 8 atom stereocenters. The SMILES string of the molecule is C[C@H]1[C@@H](CCC(=O)Nc2ccc(F)nc2)O[C@@H]2OC3(C)CC[C@H]4[C@H](C)CC[C@@H]1[C@@]24OO3. The molecule has 170 valence electrons. The maximum absolute atomic E-state index is 13.0. The van der Waals surface area contributed by atoms with Gasteiger partial charge in [-0.3, -0.25) is 4.79 Å². The molecule has 1 N–H and O–H groups in total. The predicted octanol–water partition coefficient (Wildman–Crippen LogP) is 4.19. The molecular weight excluding hydrogens is 403 g/mol. The molecule has 5 aliphatic rings. The number of amides is 1. The van der Waals surface area contributed by atoms with Gasteiger partial charge in [0.25, 0.3) is 0 Å². The summed E-state index contributed by atoms with van der Waals surface area (Å²) < 4.78 is 25.8. The summed E-state index contributed by atoms with van der Waals surface area (Å²) in [5.74, 6) is -0.198. The Morgan fingerprint density at radius 3 is 2.84 bits per heavy atom. The van der Waals surface area contributed by atoms with E-state index in [9.17, 15) is 9.18 Å². The van der Waals surface area contributed by atoms with Crippen LogP contribution in [0.3, 0.4) is 0 Å². The molecule has 8 heteroatoms. The number of fused-ring (bicyclic) bond motifs is 2. The van der Waals surface area contributed by atoms with Gasteiger partial charge in [-0.15, -0.1) is 0 Å². The lowest BCUT2D eigenvalue weighted by molar-refractivity contribution is -0.571. The van der Waals surface area contributed by atoms with E-state index in [0.29, 0.717) is 30.4 Å². The molecule has 0 aromatic carbocycles. The lowest BCUT2D eigenvalue weighted by Crippen LogP contribution is -2.70. The molecule has 4 aliphatic heterocycles. The van der Waals surface area contributed by atoms with Crippen molar-refractivity contribution in [3.05, 3.63) is 24.3 Å². The number of hydrogen-bond acceptors (Lipinski definition) is 6. The largest absolute Gasteiger partial charge is 0.346 e. The molecule has 2 bridgehead atoms. The maximum Gasteiger partial charge on any atom is 0.224 e. The molecule has 1 unspecified atom stereocenters. The van der Waals surface area contributed by atoms with Gasteiger partial charge in [-0.1, -0.05) is 13.8 Å². The first-order valence-electron chi connectivity index (χ1n) is 11.4. The number of halogens is 1. The van der Waals surface area contributed by atoms with E-state index >= 15 is 0 Å². The summed E-state index contributed by atoms with van der Waals surface area (Å²) in [6, 6.07) is 2.73. The van der Waals surface area contributed by atoms with Gasteiger partial charge in [0.1, 0.15) is 0 Å². The van der Waals surface area contributed by atoms with Gasteiger partial charge in [0, 0.05) is 18.8 Å². The number of carbonyl (C=O) groups is 1. The van der Waals surface area contributed by atoms with Crippen molar-refractivity contribution in [2.45, 2.75) is 83.1 Å². The number of aromatic nitrogens is 1. The lowest BCUT2D eigenvalue weighted by Gasteiger charge is -2.60. The Morgan fingerprint density at radius 1 is 1.23 bits per heavy atom. The Bertz CT molecular complexity index is 838. The standard InChI is InChI=1S/C23H31FN2O5/c1-13-4-6-17-14(2)18(7-9-20(27)26-15-5-8-19(24)25-12-15)28-21-23(17)16(13)10-11-22(3,29-21)30-31-23/h5,8,12-14,16-18,21H,4,6-7,9-11H2,1-3H3,(H,26,27)/t13-,14-,16+,17+,18-,21-,22?,23-/m1/s1. The zero-order chi connectivity index (χ0) is 21.8. The van der Waals surface area contributed by atoms with Gasteiger partial charge in [0.2, 0.25) is 17.6 Å². The number of ether oxygens (including phenoxy) is 2. The number of anilines is 1. The molecule has 4 saturated heterocycles. The monoisotopic (exact) mass is 434 g/mol. The van der Waals surface area contributed by atoms with E-state index in [2.05, 4.69) is 24.1 Å². The number of hydrogen-bond donors (Lipinski definition) is 1. The summed E-state index contributed by atoms with van der Waals surface area (Å²) in [6.07, 6.45) is 5.55. The smallest absolute Gasteiger partial charge is 0.224 e. The van der Waals surface area contributed by atoms with Crippen LogP contribution < -0.4 is 5.32 Å². The summed E-state index contributed by atoms with van der Waals surface area (Å²) in [4.78, 5) is 28.0. The average Bonchev–Trinajstić information content (AvgIpc) is 2.97. The molecule has 0 radical (unpaired) electrons. The van der Waals surface area contributed by atoms with Crippen LogP contribution in [0.25, 0.3) is 0 Å². The number of pyridine rings is 1. The Hall–Kier alpha value is -1.61. The second-order valence-corrected chi connectivity index (χ2v) is 9.90. The fraction of sp³-hybridized carbons (Fsp3) is 0.739. The summed E-state index contributed by atoms with van der Waals surface area (Å²) in [7, 11) is 0. The highest BCUT2D eigenvalue weighted by Crippen LogP contribution is 2.60. The molecule has 1 aromatic rings. The van der Waals surface area contributed by atoms with Crippen LogP contribution in [0.5, 0.6) is 0 Å². The number of nitrogens with one attached hydrogen (secondary N) is 1. The van der Waals surface area contributed by atoms with Crippen LogP contribution in [0.4, 0.5) is 10.1 Å². The van der Waals surface area contributed by atoms with Crippen molar-refractivity contribution in [3.8, 4) is 0 Å². The van der Waals surface area contributed by atoms with Crippen LogP contribution in [0.15, 0.2) is 18.3 Å². The third-order valence-corrected chi connectivity index (χ3v) is 7.96. The number of carbonyl (C=O) groups excluding carboxylic acids is 1. The van der Waals surface area contributed by atoms with Gasteiger partial charge in [0.15, 0.2) is 11.9 Å². The van der Waals surface area contributed by atoms with Crippen LogP contribution in [0, 0.1) is 29.6 Å². The highest BCUT2D eigenvalue weighted by Gasteiger charge is 2.69. The average molecular weight is 435 g/mol. The predicted molar refractivity (Wildman–Crippen MR) is 109 cm³/mol. The minimum atomic E-state index is -0.796. The second kappa shape index (κ2) is 7.76. The summed E-state index contributed by atoms with van der Waals surface area (Å²) in [5.41, 5.74) is -0.0963. The first-order valence-corrected chi connectivity index (χ1v) is 11.4. The molecule has 5 heterocycles. The summed E-state index contributed by atoms with van der Waals surface area (Å²) in [5, 5.41) is 2.77. The molecular formula is C23H31FN2O5. The van der Waals surface area contributed by atoms with Gasteiger partial charge >= 0.3 is 0 Å². The maximum atomic E-state index is 13.0. The fourth-order valence-electron chi connectivity index (χ4n) is 6.26.